The van der Waals surface area contributed by atoms with E-state index in [1.165, 1.54) is 6.33 Å². The Labute approximate surface area is 111 Å². The van der Waals surface area contributed by atoms with Crippen molar-refractivity contribution >= 4 is 22.4 Å². The highest BCUT2D eigenvalue weighted by Gasteiger charge is 2.16. The van der Waals surface area contributed by atoms with Gasteiger partial charge in [-0.05, 0) is 12.8 Å². The zero-order valence-corrected chi connectivity index (χ0v) is 12.5. The van der Waals surface area contributed by atoms with Crippen molar-refractivity contribution in [1.82, 2.24) is 9.97 Å². The molecule has 0 saturated carbocycles. The largest absolute Gasteiger partial charge is 0.373 e. The first-order valence-corrected chi connectivity index (χ1v) is 7.77. The molecule has 1 aromatic heterocycles. The molecule has 5 nitrogen and oxygen atoms in total. The van der Waals surface area contributed by atoms with Crippen molar-refractivity contribution in [2.45, 2.75) is 32.7 Å². The van der Waals surface area contributed by atoms with E-state index in [0.717, 1.165) is 17.2 Å². The number of aromatic nitrogens is 2. The highest BCUT2D eigenvalue weighted by Crippen LogP contribution is 2.28. The molecule has 102 valence electrons. The Morgan fingerprint density at radius 2 is 1.89 bits per heavy atom. The van der Waals surface area contributed by atoms with Crippen LogP contribution in [-0.2, 0) is 10.8 Å². The zero-order valence-electron chi connectivity index (χ0n) is 11.7. The first kappa shape index (κ1) is 14.9. The minimum absolute atomic E-state index is 0.118. The number of nitrogens with zero attached hydrogens (tertiary/aromatic N) is 2. The van der Waals surface area contributed by atoms with Crippen LogP contribution in [0, 0.1) is 0 Å². The fourth-order valence-electron chi connectivity index (χ4n) is 1.88. The summed E-state index contributed by atoms with van der Waals surface area (Å²) in [7, 11) is 1.03. The van der Waals surface area contributed by atoms with Crippen LogP contribution in [0.25, 0.3) is 0 Å². The lowest BCUT2D eigenvalue weighted by molar-refractivity contribution is 0.682. The van der Waals surface area contributed by atoms with E-state index >= 15 is 0 Å². The van der Waals surface area contributed by atoms with Crippen molar-refractivity contribution in [3.05, 3.63) is 11.9 Å². The number of anilines is 2. The minimum Gasteiger partial charge on any atom is -0.373 e. The summed E-state index contributed by atoms with van der Waals surface area (Å²) >= 11 is 0. The van der Waals surface area contributed by atoms with Crippen molar-refractivity contribution in [2.75, 3.05) is 29.7 Å². The zero-order chi connectivity index (χ0) is 13.7. The van der Waals surface area contributed by atoms with Gasteiger partial charge in [-0.1, -0.05) is 13.8 Å². The second-order valence-electron chi connectivity index (χ2n) is 4.67. The maximum atomic E-state index is 11.2. The Bertz CT molecular complexity index is 423. The molecule has 2 N–H and O–H groups in total. The SMILES string of the molecule is CNc1ncnc(NC(C)CS(C)=O)c1C(C)C. The van der Waals surface area contributed by atoms with E-state index < -0.39 is 10.8 Å². The number of nitrogens with one attached hydrogen (secondary N) is 2. The molecule has 0 aliphatic heterocycles. The van der Waals surface area contributed by atoms with Gasteiger partial charge in [-0.15, -0.1) is 0 Å². The van der Waals surface area contributed by atoms with Crippen LogP contribution in [0.2, 0.25) is 0 Å². The maximum Gasteiger partial charge on any atom is 0.135 e. The van der Waals surface area contributed by atoms with E-state index in [9.17, 15) is 4.21 Å². The molecule has 6 heteroatoms. The summed E-state index contributed by atoms with van der Waals surface area (Å²) in [6, 6.07) is 0.118. The van der Waals surface area contributed by atoms with Crippen LogP contribution < -0.4 is 10.6 Å². The molecule has 1 heterocycles. The lowest BCUT2D eigenvalue weighted by atomic mass is 10.0. The van der Waals surface area contributed by atoms with Crippen molar-refractivity contribution < 1.29 is 4.21 Å². The Morgan fingerprint density at radius 3 is 2.39 bits per heavy atom. The van der Waals surface area contributed by atoms with Gasteiger partial charge in [-0.25, -0.2) is 9.97 Å². The van der Waals surface area contributed by atoms with Gasteiger partial charge >= 0.3 is 0 Å². The molecule has 0 saturated heterocycles. The molecular weight excluding hydrogens is 248 g/mol. The number of hydrogen-bond acceptors (Lipinski definition) is 5. The maximum absolute atomic E-state index is 11.2. The van der Waals surface area contributed by atoms with E-state index in [1.54, 1.807) is 6.26 Å². The van der Waals surface area contributed by atoms with E-state index in [4.69, 9.17) is 0 Å². The third-order valence-corrected chi connectivity index (χ3v) is 3.54. The highest BCUT2D eigenvalue weighted by atomic mass is 32.2. The van der Waals surface area contributed by atoms with Gasteiger partial charge in [0.15, 0.2) is 0 Å². The summed E-state index contributed by atoms with van der Waals surface area (Å²) < 4.78 is 11.2. The quantitative estimate of drug-likeness (QED) is 0.825. The Balaban J connectivity index is 2.97. The smallest absolute Gasteiger partial charge is 0.135 e. The van der Waals surface area contributed by atoms with E-state index in [1.807, 2.05) is 14.0 Å². The topological polar surface area (TPSA) is 66.9 Å². The molecule has 0 spiro atoms. The van der Waals surface area contributed by atoms with Crippen molar-refractivity contribution in [3.63, 3.8) is 0 Å². The van der Waals surface area contributed by atoms with Crippen LogP contribution in [0.15, 0.2) is 6.33 Å². The van der Waals surface area contributed by atoms with Gasteiger partial charge < -0.3 is 10.6 Å². The molecule has 1 aromatic rings. The Morgan fingerprint density at radius 1 is 1.28 bits per heavy atom. The Hall–Kier alpha value is -1.17. The summed E-state index contributed by atoms with van der Waals surface area (Å²) in [4.78, 5) is 8.52. The first-order valence-electron chi connectivity index (χ1n) is 6.04. The molecule has 0 radical (unpaired) electrons. The molecular formula is C12H22N4OS. The molecule has 0 amide bonds. The highest BCUT2D eigenvalue weighted by molar-refractivity contribution is 7.84. The standard InChI is InChI=1S/C12H22N4OS/c1-8(2)10-11(13-4)14-7-15-12(10)16-9(3)6-18(5)17/h7-9H,6H2,1-5H3,(H2,13,14,15,16). The molecule has 18 heavy (non-hydrogen) atoms. The van der Waals surface area contributed by atoms with Crippen LogP contribution in [0.1, 0.15) is 32.3 Å². The van der Waals surface area contributed by atoms with Crippen LogP contribution in [-0.4, -0.2) is 39.3 Å². The average Bonchev–Trinajstić information content (AvgIpc) is 2.26. The van der Waals surface area contributed by atoms with Crippen molar-refractivity contribution in [3.8, 4) is 0 Å². The van der Waals surface area contributed by atoms with Gasteiger partial charge in [0.25, 0.3) is 0 Å². The summed E-state index contributed by atoms with van der Waals surface area (Å²) in [5.74, 6) is 2.58. The fraction of sp³-hybridized carbons (Fsp3) is 0.667. The second-order valence-corrected chi connectivity index (χ2v) is 6.15. The molecule has 0 aliphatic rings. The summed E-state index contributed by atoms with van der Waals surface area (Å²) in [5.41, 5.74) is 1.06. The van der Waals surface area contributed by atoms with Crippen LogP contribution in [0.5, 0.6) is 0 Å². The van der Waals surface area contributed by atoms with Crippen LogP contribution >= 0.6 is 0 Å². The van der Waals surface area contributed by atoms with Gasteiger partial charge in [0.2, 0.25) is 0 Å². The van der Waals surface area contributed by atoms with Gasteiger partial charge in [0.05, 0.1) is 0 Å². The van der Waals surface area contributed by atoms with Crippen molar-refractivity contribution in [1.29, 1.82) is 0 Å². The monoisotopic (exact) mass is 270 g/mol. The second kappa shape index (κ2) is 6.68. The average molecular weight is 270 g/mol. The third-order valence-electron chi connectivity index (χ3n) is 2.57. The van der Waals surface area contributed by atoms with Crippen molar-refractivity contribution in [2.24, 2.45) is 0 Å². The summed E-state index contributed by atoms with van der Waals surface area (Å²) in [6.07, 6.45) is 3.25. The summed E-state index contributed by atoms with van der Waals surface area (Å²) in [6.45, 7) is 6.22. The van der Waals surface area contributed by atoms with Gasteiger partial charge in [-0.3, -0.25) is 4.21 Å². The molecule has 2 unspecified atom stereocenters. The van der Waals surface area contributed by atoms with E-state index in [0.29, 0.717) is 11.7 Å². The lowest BCUT2D eigenvalue weighted by Crippen LogP contribution is -2.24. The summed E-state index contributed by atoms with van der Waals surface area (Å²) in [5, 5.41) is 6.39. The molecule has 0 bridgehead atoms. The Kier molecular flexibility index (Phi) is 5.53. The predicted octanol–water partition coefficient (Wildman–Crippen LogP) is 1.82. The fourth-order valence-corrected chi connectivity index (χ4v) is 2.67. The van der Waals surface area contributed by atoms with Crippen LogP contribution in [0.4, 0.5) is 11.6 Å². The molecule has 2 atom stereocenters. The minimum atomic E-state index is -0.815. The molecule has 1 rings (SSSR count). The first-order chi connectivity index (χ1) is 8.45. The number of rotatable bonds is 6. The van der Waals surface area contributed by atoms with Gasteiger partial charge in [-0.2, -0.15) is 0 Å². The molecule has 0 fully saturated rings. The normalized spacial score (nSPS) is 14.3. The lowest BCUT2D eigenvalue weighted by Gasteiger charge is -2.19. The van der Waals surface area contributed by atoms with E-state index in [-0.39, 0.29) is 6.04 Å². The van der Waals surface area contributed by atoms with Gasteiger partial charge in [0, 0.05) is 41.5 Å². The van der Waals surface area contributed by atoms with Gasteiger partial charge in [0.1, 0.15) is 18.0 Å². The van der Waals surface area contributed by atoms with Crippen LogP contribution in [0.3, 0.4) is 0 Å². The third kappa shape index (κ3) is 3.94. The molecule has 0 aromatic carbocycles. The molecule has 0 aliphatic carbocycles. The number of hydrogen-bond donors (Lipinski definition) is 2. The van der Waals surface area contributed by atoms with E-state index in [2.05, 4.69) is 34.4 Å². The predicted molar refractivity (Wildman–Crippen MR) is 77.7 cm³/mol.